The van der Waals surface area contributed by atoms with Crippen LogP contribution in [0.4, 0.5) is 5.69 Å². The number of rotatable bonds is 4. The van der Waals surface area contributed by atoms with Gasteiger partial charge in [-0.05, 0) is 29.1 Å². The molecule has 0 saturated heterocycles. The first-order valence-corrected chi connectivity index (χ1v) is 7.56. The Balaban J connectivity index is 1.88. The van der Waals surface area contributed by atoms with Gasteiger partial charge in [0.25, 0.3) is 5.91 Å². The number of carbonyl (C=O) groups excluding carboxylic acids is 2. The van der Waals surface area contributed by atoms with E-state index in [1.165, 1.54) is 6.07 Å². The number of nitrogens with zero attached hydrogens (tertiary/aromatic N) is 1. The highest BCUT2D eigenvalue weighted by Crippen LogP contribution is 2.25. The predicted octanol–water partition coefficient (Wildman–Crippen LogP) is 2.43. The van der Waals surface area contributed by atoms with Crippen LogP contribution < -0.4 is 10.4 Å². The number of halogens is 1. The first kappa shape index (κ1) is 16.0. The maximum atomic E-state index is 12.5. The summed E-state index contributed by atoms with van der Waals surface area (Å²) < 4.78 is 0. The lowest BCUT2D eigenvalue weighted by molar-refractivity contribution is -0.304. The van der Waals surface area contributed by atoms with Gasteiger partial charge in [-0.15, -0.1) is 0 Å². The molecule has 0 aliphatic carbocycles. The van der Waals surface area contributed by atoms with Crippen LogP contribution in [-0.2, 0) is 11.2 Å². The monoisotopic (exact) mass is 339 g/mol. The molecule has 6 heteroatoms. The van der Waals surface area contributed by atoms with Crippen molar-refractivity contribution in [2.75, 3.05) is 5.32 Å². The Morgan fingerprint density at radius 3 is 2.67 bits per heavy atom. The van der Waals surface area contributed by atoms with Crippen LogP contribution >= 0.6 is 11.6 Å². The highest BCUT2D eigenvalue weighted by Gasteiger charge is 2.13. The number of carboxylic acid groups (broad SMARTS) is 1. The van der Waals surface area contributed by atoms with E-state index in [0.29, 0.717) is 16.9 Å². The van der Waals surface area contributed by atoms with Crippen LogP contribution in [0.5, 0.6) is 0 Å². The summed E-state index contributed by atoms with van der Waals surface area (Å²) in [5, 5.41) is 15.2. The van der Waals surface area contributed by atoms with Gasteiger partial charge in [0.2, 0.25) is 0 Å². The van der Waals surface area contributed by atoms with Crippen molar-refractivity contribution in [3.8, 4) is 0 Å². The summed E-state index contributed by atoms with van der Waals surface area (Å²) in [4.78, 5) is 27.3. The Labute approximate surface area is 142 Å². The van der Waals surface area contributed by atoms with Gasteiger partial charge in [0.05, 0.1) is 10.7 Å². The standard InChI is InChI=1S/C18H13ClN2O3/c19-14-9-11(10-16(22)23)5-6-15(14)21-18(24)17-13-4-2-1-3-12(13)7-8-20-17/h1-9H,10H2,(H,21,24)(H,22,23)/p-1. The van der Waals surface area contributed by atoms with Crippen molar-refractivity contribution >= 4 is 39.9 Å². The molecule has 0 unspecified atom stereocenters. The zero-order valence-corrected chi connectivity index (χ0v) is 13.2. The lowest BCUT2D eigenvalue weighted by atomic mass is 10.1. The highest BCUT2D eigenvalue weighted by molar-refractivity contribution is 6.34. The van der Waals surface area contributed by atoms with E-state index in [2.05, 4.69) is 10.3 Å². The lowest BCUT2D eigenvalue weighted by Crippen LogP contribution is -2.24. The molecular formula is C18H12ClN2O3-. The summed E-state index contributed by atoms with van der Waals surface area (Å²) in [5.41, 5.74) is 1.18. The number of aromatic nitrogens is 1. The van der Waals surface area contributed by atoms with Gasteiger partial charge in [0.1, 0.15) is 5.69 Å². The third-order valence-electron chi connectivity index (χ3n) is 3.52. The first-order valence-electron chi connectivity index (χ1n) is 7.18. The summed E-state index contributed by atoms with van der Waals surface area (Å²) in [6.45, 7) is 0. The summed E-state index contributed by atoms with van der Waals surface area (Å²) in [5.74, 6) is -1.58. The number of anilines is 1. The molecule has 0 aliphatic heterocycles. The fourth-order valence-corrected chi connectivity index (χ4v) is 2.67. The fraction of sp³-hybridized carbons (Fsp3) is 0.0556. The normalized spacial score (nSPS) is 10.5. The average molecular weight is 340 g/mol. The second-order valence-corrected chi connectivity index (χ2v) is 5.61. The Morgan fingerprint density at radius 2 is 1.92 bits per heavy atom. The second kappa shape index (κ2) is 6.68. The molecule has 0 bridgehead atoms. The molecule has 0 radical (unpaired) electrons. The van der Waals surface area contributed by atoms with Gasteiger partial charge in [-0.25, -0.2) is 0 Å². The van der Waals surface area contributed by atoms with Crippen LogP contribution in [0.2, 0.25) is 5.02 Å². The third-order valence-corrected chi connectivity index (χ3v) is 3.83. The molecule has 0 fully saturated rings. The van der Waals surface area contributed by atoms with E-state index in [1.807, 2.05) is 30.3 Å². The van der Waals surface area contributed by atoms with Crippen molar-refractivity contribution in [3.05, 3.63) is 71.0 Å². The summed E-state index contributed by atoms with van der Waals surface area (Å²) in [7, 11) is 0. The number of benzene rings is 2. The van der Waals surface area contributed by atoms with Gasteiger partial charge in [0, 0.05) is 24.0 Å². The van der Waals surface area contributed by atoms with Gasteiger partial charge in [-0.2, -0.15) is 0 Å². The van der Waals surface area contributed by atoms with E-state index >= 15 is 0 Å². The fourth-order valence-electron chi connectivity index (χ4n) is 2.42. The topological polar surface area (TPSA) is 82.1 Å². The number of hydrogen-bond acceptors (Lipinski definition) is 4. The first-order chi connectivity index (χ1) is 11.5. The lowest BCUT2D eigenvalue weighted by Gasteiger charge is -2.10. The Bertz CT molecular complexity index is 935. The number of hydrogen-bond donors (Lipinski definition) is 1. The number of fused-ring (bicyclic) bond motifs is 1. The Morgan fingerprint density at radius 1 is 1.12 bits per heavy atom. The SMILES string of the molecule is O=C([O-])Cc1ccc(NC(=O)c2nccc3ccccc23)c(Cl)c1. The molecule has 3 rings (SSSR count). The minimum absolute atomic E-state index is 0.237. The molecule has 1 N–H and O–H groups in total. The number of pyridine rings is 1. The van der Waals surface area contributed by atoms with Crippen LogP contribution in [0, 0.1) is 0 Å². The maximum Gasteiger partial charge on any atom is 0.274 e. The van der Waals surface area contributed by atoms with Crippen LogP contribution in [0.25, 0.3) is 10.8 Å². The molecule has 0 spiro atoms. The minimum Gasteiger partial charge on any atom is -0.550 e. The van der Waals surface area contributed by atoms with Crippen molar-refractivity contribution < 1.29 is 14.7 Å². The zero-order chi connectivity index (χ0) is 17.1. The number of amides is 1. The Hall–Kier alpha value is -2.92. The summed E-state index contributed by atoms with van der Waals surface area (Å²) in [6, 6.07) is 13.9. The molecule has 1 aromatic heterocycles. The molecule has 0 atom stereocenters. The second-order valence-electron chi connectivity index (χ2n) is 5.20. The third kappa shape index (κ3) is 3.36. The van der Waals surface area contributed by atoms with E-state index in [9.17, 15) is 14.7 Å². The van der Waals surface area contributed by atoms with Gasteiger partial charge >= 0.3 is 0 Å². The highest BCUT2D eigenvalue weighted by atomic mass is 35.5. The van der Waals surface area contributed by atoms with Crippen LogP contribution in [0.3, 0.4) is 0 Å². The molecule has 0 saturated carbocycles. The molecule has 0 aliphatic rings. The minimum atomic E-state index is -1.19. The van der Waals surface area contributed by atoms with Crippen molar-refractivity contribution in [1.82, 2.24) is 4.98 Å². The number of carboxylic acids is 1. The number of aliphatic carboxylic acids is 1. The quantitative estimate of drug-likeness (QED) is 0.791. The van der Waals surface area contributed by atoms with Crippen molar-refractivity contribution in [2.45, 2.75) is 6.42 Å². The molecular weight excluding hydrogens is 328 g/mol. The predicted molar refractivity (Wildman–Crippen MR) is 89.9 cm³/mol. The van der Waals surface area contributed by atoms with Crippen LogP contribution in [0.1, 0.15) is 16.1 Å². The Kier molecular flexibility index (Phi) is 4.44. The van der Waals surface area contributed by atoms with Gasteiger partial charge in [-0.3, -0.25) is 9.78 Å². The molecule has 120 valence electrons. The molecule has 1 heterocycles. The van der Waals surface area contributed by atoms with E-state index in [-0.39, 0.29) is 17.4 Å². The van der Waals surface area contributed by atoms with Gasteiger partial charge < -0.3 is 15.2 Å². The van der Waals surface area contributed by atoms with Crippen LogP contribution in [0.15, 0.2) is 54.7 Å². The van der Waals surface area contributed by atoms with Crippen molar-refractivity contribution in [3.63, 3.8) is 0 Å². The van der Waals surface area contributed by atoms with E-state index in [4.69, 9.17) is 11.6 Å². The summed E-state index contributed by atoms with van der Waals surface area (Å²) in [6.07, 6.45) is 1.33. The van der Waals surface area contributed by atoms with Crippen LogP contribution in [-0.4, -0.2) is 16.9 Å². The molecule has 1 amide bonds. The maximum absolute atomic E-state index is 12.5. The van der Waals surface area contributed by atoms with Crippen molar-refractivity contribution in [1.29, 1.82) is 0 Å². The smallest absolute Gasteiger partial charge is 0.274 e. The van der Waals surface area contributed by atoms with E-state index in [0.717, 1.165) is 10.8 Å². The van der Waals surface area contributed by atoms with Gasteiger partial charge in [0.15, 0.2) is 0 Å². The van der Waals surface area contributed by atoms with Crippen molar-refractivity contribution in [2.24, 2.45) is 0 Å². The average Bonchev–Trinajstić information content (AvgIpc) is 2.56. The van der Waals surface area contributed by atoms with E-state index in [1.54, 1.807) is 18.3 Å². The molecule has 2 aromatic carbocycles. The molecule has 5 nitrogen and oxygen atoms in total. The molecule has 24 heavy (non-hydrogen) atoms. The zero-order valence-electron chi connectivity index (χ0n) is 12.5. The van der Waals surface area contributed by atoms with E-state index < -0.39 is 5.97 Å². The van der Waals surface area contributed by atoms with Gasteiger partial charge in [-0.1, -0.05) is 41.9 Å². The number of carbonyl (C=O) groups is 2. The molecule has 3 aromatic rings. The number of nitrogens with one attached hydrogen (secondary N) is 1. The summed E-state index contributed by atoms with van der Waals surface area (Å²) >= 11 is 6.11. The largest absolute Gasteiger partial charge is 0.550 e.